The molecule has 0 aliphatic heterocycles. The Hall–Kier alpha value is -2.53. The lowest BCUT2D eigenvalue weighted by atomic mass is 9.86. The van der Waals surface area contributed by atoms with Gasteiger partial charge in [0, 0.05) is 12.0 Å². The molecule has 0 radical (unpaired) electrons. The van der Waals surface area contributed by atoms with E-state index in [0.29, 0.717) is 18.0 Å². The predicted molar refractivity (Wildman–Crippen MR) is 112 cm³/mol. The highest BCUT2D eigenvalue weighted by Gasteiger charge is 2.13. The van der Waals surface area contributed by atoms with E-state index in [1.807, 2.05) is 31.2 Å². The van der Waals surface area contributed by atoms with Gasteiger partial charge >= 0.3 is 0 Å². The summed E-state index contributed by atoms with van der Waals surface area (Å²) in [7, 11) is 0. The van der Waals surface area contributed by atoms with E-state index < -0.39 is 0 Å². The Morgan fingerprint density at radius 2 is 1.67 bits per heavy atom. The van der Waals surface area contributed by atoms with Crippen LogP contribution >= 0.6 is 11.3 Å². The number of rotatable bonds is 5. The van der Waals surface area contributed by atoms with E-state index in [0.717, 1.165) is 16.1 Å². The molecule has 3 rings (SSSR count). The van der Waals surface area contributed by atoms with E-state index >= 15 is 0 Å². The van der Waals surface area contributed by atoms with Gasteiger partial charge in [0.2, 0.25) is 11.0 Å². The van der Waals surface area contributed by atoms with Crippen LogP contribution in [0.1, 0.15) is 43.9 Å². The minimum Gasteiger partial charge on any atom is -0.301 e. The molecule has 1 aromatic heterocycles. The molecule has 4 nitrogen and oxygen atoms in total. The van der Waals surface area contributed by atoms with Crippen LogP contribution in [0.3, 0.4) is 0 Å². The molecule has 1 heterocycles. The number of carbonyl (C=O) groups excluding carboxylic acids is 1. The first kappa shape index (κ1) is 19.2. The standard InChI is InChI=1S/C22H25N3OS/c1-15-5-10-17(11-6-15)20-24-25-21(27-20)23-19(26)14-9-16-7-12-18(13-8-16)22(2,3)4/h5-8,10-13H,9,14H2,1-4H3,(H,23,25,26). The predicted octanol–water partition coefficient (Wildman–Crippen LogP) is 5.38. The molecular weight excluding hydrogens is 354 g/mol. The Balaban J connectivity index is 1.54. The van der Waals surface area contributed by atoms with Crippen LogP contribution in [0.4, 0.5) is 5.13 Å². The molecule has 0 fully saturated rings. The summed E-state index contributed by atoms with van der Waals surface area (Å²) >= 11 is 1.39. The number of anilines is 1. The summed E-state index contributed by atoms with van der Waals surface area (Å²) in [5, 5.41) is 12.5. The smallest absolute Gasteiger partial charge is 0.226 e. The summed E-state index contributed by atoms with van der Waals surface area (Å²) in [6, 6.07) is 16.6. The van der Waals surface area contributed by atoms with Gasteiger partial charge in [0.15, 0.2) is 0 Å². The molecule has 0 aliphatic carbocycles. The second-order valence-corrected chi connectivity index (χ2v) is 8.75. The van der Waals surface area contributed by atoms with Crippen LogP contribution in [0.5, 0.6) is 0 Å². The second kappa shape index (κ2) is 8.01. The molecule has 3 aromatic rings. The summed E-state index contributed by atoms with van der Waals surface area (Å²) in [6.07, 6.45) is 1.13. The molecule has 0 saturated heterocycles. The molecule has 0 spiro atoms. The van der Waals surface area contributed by atoms with Crippen molar-refractivity contribution in [1.29, 1.82) is 0 Å². The Kier molecular flexibility index (Phi) is 5.71. The molecule has 1 N–H and O–H groups in total. The van der Waals surface area contributed by atoms with E-state index in [1.165, 1.54) is 22.5 Å². The molecule has 0 unspecified atom stereocenters. The maximum absolute atomic E-state index is 12.2. The monoisotopic (exact) mass is 379 g/mol. The van der Waals surface area contributed by atoms with Crippen LogP contribution < -0.4 is 5.32 Å². The van der Waals surface area contributed by atoms with Crippen LogP contribution in [0, 0.1) is 6.92 Å². The third kappa shape index (κ3) is 5.23. The van der Waals surface area contributed by atoms with Crippen molar-refractivity contribution in [3.8, 4) is 10.6 Å². The van der Waals surface area contributed by atoms with Crippen molar-refractivity contribution in [2.75, 3.05) is 5.32 Å². The van der Waals surface area contributed by atoms with Crippen LogP contribution in [0.25, 0.3) is 10.6 Å². The summed E-state index contributed by atoms with van der Waals surface area (Å²) < 4.78 is 0. The summed E-state index contributed by atoms with van der Waals surface area (Å²) in [4.78, 5) is 12.2. The molecule has 0 atom stereocenters. The van der Waals surface area contributed by atoms with E-state index in [1.54, 1.807) is 0 Å². The molecule has 5 heteroatoms. The Labute approximate surface area is 164 Å². The molecule has 140 valence electrons. The summed E-state index contributed by atoms with van der Waals surface area (Å²) in [5.74, 6) is -0.0403. The average molecular weight is 380 g/mol. The van der Waals surface area contributed by atoms with Gasteiger partial charge in [-0.3, -0.25) is 4.79 Å². The van der Waals surface area contributed by atoms with Gasteiger partial charge in [0.05, 0.1) is 0 Å². The first-order valence-electron chi connectivity index (χ1n) is 9.11. The number of hydrogen-bond donors (Lipinski definition) is 1. The molecule has 2 aromatic carbocycles. The van der Waals surface area contributed by atoms with Gasteiger partial charge in [-0.1, -0.05) is 86.2 Å². The maximum Gasteiger partial charge on any atom is 0.226 e. The number of aryl methyl sites for hydroxylation is 2. The first-order valence-corrected chi connectivity index (χ1v) is 9.93. The average Bonchev–Trinajstić information content (AvgIpc) is 3.08. The van der Waals surface area contributed by atoms with Crippen molar-refractivity contribution in [3.05, 3.63) is 65.2 Å². The lowest BCUT2D eigenvalue weighted by molar-refractivity contribution is -0.116. The fourth-order valence-electron chi connectivity index (χ4n) is 2.70. The zero-order chi connectivity index (χ0) is 19.4. The van der Waals surface area contributed by atoms with Crippen molar-refractivity contribution in [1.82, 2.24) is 10.2 Å². The molecule has 1 amide bonds. The van der Waals surface area contributed by atoms with Gasteiger partial charge in [-0.2, -0.15) is 0 Å². The van der Waals surface area contributed by atoms with Gasteiger partial charge in [0.25, 0.3) is 0 Å². The number of aromatic nitrogens is 2. The molecule has 0 bridgehead atoms. The summed E-state index contributed by atoms with van der Waals surface area (Å²) in [6.45, 7) is 8.64. The van der Waals surface area contributed by atoms with Gasteiger partial charge in [-0.05, 0) is 29.9 Å². The van der Waals surface area contributed by atoms with Crippen LogP contribution in [0.15, 0.2) is 48.5 Å². The number of hydrogen-bond acceptors (Lipinski definition) is 4. The molecule has 0 aliphatic rings. The quantitative estimate of drug-likeness (QED) is 0.647. The first-order chi connectivity index (χ1) is 12.8. The maximum atomic E-state index is 12.2. The lowest BCUT2D eigenvalue weighted by Gasteiger charge is -2.19. The highest BCUT2D eigenvalue weighted by molar-refractivity contribution is 7.18. The van der Waals surface area contributed by atoms with Crippen molar-refractivity contribution in [2.24, 2.45) is 0 Å². The van der Waals surface area contributed by atoms with E-state index in [2.05, 4.69) is 60.6 Å². The Morgan fingerprint density at radius 1 is 1.00 bits per heavy atom. The number of carbonyl (C=O) groups is 1. The van der Waals surface area contributed by atoms with Gasteiger partial charge < -0.3 is 5.32 Å². The topological polar surface area (TPSA) is 54.9 Å². The molecule has 27 heavy (non-hydrogen) atoms. The van der Waals surface area contributed by atoms with Crippen LogP contribution in [-0.2, 0) is 16.6 Å². The highest BCUT2D eigenvalue weighted by atomic mass is 32.1. The molecule has 0 saturated carbocycles. The zero-order valence-electron chi connectivity index (χ0n) is 16.2. The van der Waals surface area contributed by atoms with Gasteiger partial charge in [0.1, 0.15) is 5.01 Å². The fourth-order valence-corrected chi connectivity index (χ4v) is 3.46. The lowest BCUT2D eigenvalue weighted by Crippen LogP contribution is -2.13. The van der Waals surface area contributed by atoms with Crippen molar-refractivity contribution < 1.29 is 4.79 Å². The van der Waals surface area contributed by atoms with Crippen molar-refractivity contribution in [3.63, 3.8) is 0 Å². The molecular formula is C22H25N3OS. The van der Waals surface area contributed by atoms with Gasteiger partial charge in [-0.15, -0.1) is 10.2 Å². The minimum absolute atomic E-state index is 0.0403. The third-order valence-electron chi connectivity index (χ3n) is 4.43. The van der Waals surface area contributed by atoms with Crippen molar-refractivity contribution >= 4 is 22.4 Å². The van der Waals surface area contributed by atoms with E-state index in [9.17, 15) is 4.79 Å². The fraction of sp³-hybridized carbons (Fsp3) is 0.318. The minimum atomic E-state index is -0.0403. The van der Waals surface area contributed by atoms with E-state index in [4.69, 9.17) is 0 Å². The van der Waals surface area contributed by atoms with Crippen molar-refractivity contribution in [2.45, 2.75) is 46.0 Å². The zero-order valence-corrected chi connectivity index (χ0v) is 17.1. The highest BCUT2D eigenvalue weighted by Crippen LogP contribution is 2.26. The number of nitrogens with one attached hydrogen (secondary N) is 1. The number of benzene rings is 2. The largest absolute Gasteiger partial charge is 0.301 e. The Bertz CT molecular complexity index is 906. The third-order valence-corrected chi connectivity index (χ3v) is 5.32. The Morgan fingerprint density at radius 3 is 2.30 bits per heavy atom. The number of amides is 1. The van der Waals surface area contributed by atoms with E-state index in [-0.39, 0.29) is 11.3 Å². The normalized spacial score (nSPS) is 11.4. The van der Waals surface area contributed by atoms with Gasteiger partial charge in [-0.25, -0.2) is 0 Å². The SMILES string of the molecule is Cc1ccc(-c2nnc(NC(=O)CCc3ccc(C(C)(C)C)cc3)s2)cc1. The summed E-state index contributed by atoms with van der Waals surface area (Å²) in [5.41, 5.74) is 4.82. The second-order valence-electron chi connectivity index (χ2n) is 7.77. The van der Waals surface area contributed by atoms with Crippen LogP contribution in [0.2, 0.25) is 0 Å². The number of nitrogens with zero attached hydrogens (tertiary/aromatic N) is 2. The van der Waals surface area contributed by atoms with Crippen LogP contribution in [-0.4, -0.2) is 16.1 Å².